The van der Waals surface area contributed by atoms with E-state index in [9.17, 15) is 0 Å². The second kappa shape index (κ2) is 7.69. The van der Waals surface area contributed by atoms with Crippen molar-refractivity contribution in [1.82, 2.24) is 0 Å². The van der Waals surface area contributed by atoms with Crippen LogP contribution in [0.4, 0.5) is 0 Å². The summed E-state index contributed by atoms with van der Waals surface area (Å²) < 4.78 is 0. The minimum Gasteiger partial charge on any atom is -0.107 e. The van der Waals surface area contributed by atoms with Crippen molar-refractivity contribution in [1.29, 1.82) is 0 Å². The lowest BCUT2D eigenvalue weighted by Gasteiger charge is -1.83. The standard InChI is InChI=1S/C8H10.HI/c1-4-7-8(5-2)6-3;/h4-7H,1-3H2;1H. The van der Waals surface area contributed by atoms with Gasteiger partial charge in [-0.1, -0.05) is 44.0 Å². The summed E-state index contributed by atoms with van der Waals surface area (Å²) in [4.78, 5) is 0. The lowest BCUT2D eigenvalue weighted by Crippen LogP contribution is -1.63. The van der Waals surface area contributed by atoms with E-state index in [-0.39, 0.29) is 24.0 Å². The van der Waals surface area contributed by atoms with Gasteiger partial charge in [0.1, 0.15) is 0 Å². The molecule has 0 aromatic carbocycles. The van der Waals surface area contributed by atoms with E-state index in [1.54, 1.807) is 18.2 Å². The molecule has 0 bridgehead atoms. The SMILES string of the molecule is C=CC=C(C=C)C=C.I. The number of hydrogen-bond donors (Lipinski definition) is 0. The molecule has 1 heteroatoms. The second-order valence-corrected chi connectivity index (χ2v) is 1.31. The predicted octanol–water partition coefficient (Wildman–Crippen LogP) is 3.09. The molecule has 0 aliphatic carbocycles. The summed E-state index contributed by atoms with van der Waals surface area (Å²) in [6, 6.07) is 0. The van der Waals surface area contributed by atoms with E-state index < -0.39 is 0 Å². The summed E-state index contributed by atoms with van der Waals surface area (Å²) in [6.07, 6.45) is 7.02. The van der Waals surface area contributed by atoms with Gasteiger partial charge in [0.15, 0.2) is 0 Å². The van der Waals surface area contributed by atoms with Gasteiger partial charge in [-0.15, -0.1) is 24.0 Å². The molecule has 0 amide bonds. The third-order valence-corrected chi connectivity index (χ3v) is 0.782. The van der Waals surface area contributed by atoms with Crippen molar-refractivity contribution in [3.05, 3.63) is 49.6 Å². The van der Waals surface area contributed by atoms with Crippen molar-refractivity contribution in [3.63, 3.8) is 0 Å². The number of hydrogen-bond acceptors (Lipinski definition) is 0. The Bertz CT molecular complexity index is 122. The first-order chi connectivity index (χ1) is 3.85. The van der Waals surface area contributed by atoms with Crippen LogP contribution in [0.25, 0.3) is 0 Å². The molecule has 0 aromatic heterocycles. The molecule has 50 valence electrons. The summed E-state index contributed by atoms with van der Waals surface area (Å²) in [5.41, 5.74) is 1.00. The maximum Gasteiger partial charge on any atom is -0.0269 e. The molecule has 0 rings (SSSR count). The maximum absolute atomic E-state index is 3.56. The van der Waals surface area contributed by atoms with E-state index in [1.807, 2.05) is 6.08 Å². The van der Waals surface area contributed by atoms with Gasteiger partial charge in [0.2, 0.25) is 0 Å². The monoisotopic (exact) mass is 234 g/mol. The molecular formula is C8H11I. The molecule has 0 aliphatic heterocycles. The van der Waals surface area contributed by atoms with E-state index in [0.29, 0.717) is 0 Å². The van der Waals surface area contributed by atoms with Crippen molar-refractivity contribution in [3.8, 4) is 0 Å². The van der Waals surface area contributed by atoms with Crippen LogP contribution in [0.15, 0.2) is 49.6 Å². The van der Waals surface area contributed by atoms with Crippen molar-refractivity contribution in [2.24, 2.45) is 0 Å². The van der Waals surface area contributed by atoms with Crippen LogP contribution in [0.2, 0.25) is 0 Å². The highest BCUT2D eigenvalue weighted by molar-refractivity contribution is 14.0. The molecule has 0 aliphatic rings. The van der Waals surface area contributed by atoms with Gasteiger partial charge in [-0.05, 0) is 5.57 Å². The minimum atomic E-state index is 0. The van der Waals surface area contributed by atoms with E-state index in [2.05, 4.69) is 19.7 Å². The first-order valence-corrected chi connectivity index (χ1v) is 2.42. The predicted molar refractivity (Wildman–Crippen MR) is 54.1 cm³/mol. The molecule has 0 saturated heterocycles. The molecule has 0 unspecified atom stereocenters. The van der Waals surface area contributed by atoms with E-state index in [0.717, 1.165) is 5.57 Å². The first kappa shape index (κ1) is 11.5. The molecule has 0 heterocycles. The van der Waals surface area contributed by atoms with Gasteiger partial charge in [-0.2, -0.15) is 0 Å². The van der Waals surface area contributed by atoms with Gasteiger partial charge in [0.05, 0.1) is 0 Å². The molecule has 0 nitrogen and oxygen atoms in total. The fourth-order valence-corrected chi connectivity index (χ4v) is 0.355. The average molecular weight is 234 g/mol. The Balaban J connectivity index is 0. The quantitative estimate of drug-likeness (QED) is 0.520. The first-order valence-electron chi connectivity index (χ1n) is 2.42. The molecule has 9 heavy (non-hydrogen) atoms. The fraction of sp³-hybridized carbons (Fsp3) is 0. The summed E-state index contributed by atoms with van der Waals surface area (Å²) in [6.45, 7) is 10.7. The van der Waals surface area contributed by atoms with Crippen LogP contribution in [-0.4, -0.2) is 0 Å². The molecule has 0 aromatic rings. The van der Waals surface area contributed by atoms with Gasteiger partial charge in [-0.3, -0.25) is 0 Å². The van der Waals surface area contributed by atoms with E-state index in [4.69, 9.17) is 0 Å². The van der Waals surface area contributed by atoms with Crippen LogP contribution in [0.3, 0.4) is 0 Å². The van der Waals surface area contributed by atoms with Crippen LogP contribution in [0.5, 0.6) is 0 Å². The third kappa shape index (κ3) is 5.56. The summed E-state index contributed by atoms with van der Waals surface area (Å²) in [5.74, 6) is 0. The highest BCUT2D eigenvalue weighted by Crippen LogP contribution is 1.94. The number of halogens is 1. The Morgan fingerprint density at radius 2 is 1.44 bits per heavy atom. The lowest BCUT2D eigenvalue weighted by molar-refractivity contribution is 1.73. The van der Waals surface area contributed by atoms with Crippen molar-refractivity contribution >= 4 is 24.0 Å². The second-order valence-electron chi connectivity index (χ2n) is 1.31. The number of allylic oxidation sites excluding steroid dienone is 5. The fourth-order valence-electron chi connectivity index (χ4n) is 0.355. The van der Waals surface area contributed by atoms with Crippen LogP contribution >= 0.6 is 24.0 Å². The highest BCUT2D eigenvalue weighted by Gasteiger charge is 1.73. The van der Waals surface area contributed by atoms with Gasteiger partial charge in [0.25, 0.3) is 0 Å². The molecule has 0 fully saturated rings. The minimum absolute atomic E-state index is 0. The third-order valence-electron chi connectivity index (χ3n) is 0.782. The van der Waals surface area contributed by atoms with Crippen LogP contribution in [0, 0.1) is 0 Å². The summed E-state index contributed by atoms with van der Waals surface area (Å²) in [7, 11) is 0. The van der Waals surface area contributed by atoms with Crippen LogP contribution in [-0.2, 0) is 0 Å². The van der Waals surface area contributed by atoms with Gasteiger partial charge in [-0.25, -0.2) is 0 Å². The molecule has 0 atom stereocenters. The van der Waals surface area contributed by atoms with Crippen molar-refractivity contribution in [2.45, 2.75) is 0 Å². The van der Waals surface area contributed by atoms with Gasteiger partial charge in [0, 0.05) is 0 Å². The Morgan fingerprint density at radius 1 is 1.00 bits per heavy atom. The molecule has 0 N–H and O–H groups in total. The normalized spacial score (nSPS) is 6.22. The largest absolute Gasteiger partial charge is 0.107 e. The van der Waals surface area contributed by atoms with Crippen molar-refractivity contribution < 1.29 is 0 Å². The maximum atomic E-state index is 3.56. The highest BCUT2D eigenvalue weighted by atomic mass is 127. The smallest absolute Gasteiger partial charge is 0.0269 e. The van der Waals surface area contributed by atoms with Crippen molar-refractivity contribution in [2.75, 3.05) is 0 Å². The Morgan fingerprint density at radius 3 is 1.56 bits per heavy atom. The summed E-state index contributed by atoms with van der Waals surface area (Å²) in [5, 5.41) is 0. The Labute approximate surface area is 73.7 Å². The zero-order chi connectivity index (χ0) is 6.41. The zero-order valence-corrected chi connectivity index (χ0v) is 7.67. The molecular weight excluding hydrogens is 223 g/mol. The lowest BCUT2D eigenvalue weighted by atomic mass is 10.2. The van der Waals surface area contributed by atoms with E-state index in [1.165, 1.54) is 0 Å². The Hall–Kier alpha value is -0.310. The topological polar surface area (TPSA) is 0 Å². The van der Waals surface area contributed by atoms with Crippen LogP contribution in [0.1, 0.15) is 0 Å². The molecule has 0 spiro atoms. The summed E-state index contributed by atoms with van der Waals surface area (Å²) >= 11 is 0. The number of rotatable bonds is 3. The van der Waals surface area contributed by atoms with Gasteiger partial charge >= 0.3 is 0 Å². The molecule has 0 saturated carbocycles. The van der Waals surface area contributed by atoms with Gasteiger partial charge < -0.3 is 0 Å². The Kier molecular flexibility index (Phi) is 9.81. The van der Waals surface area contributed by atoms with Crippen LogP contribution < -0.4 is 0 Å². The average Bonchev–Trinajstić information content (AvgIpc) is 1.83. The molecule has 0 radical (unpaired) electrons. The van der Waals surface area contributed by atoms with E-state index >= 15 is 0 Å². The zero-order valence-electron chi connectivity index (χ0n) is 5.34.